The summed E-state index contributed by atoms with van der Waals surface area (Å²) in [6, 6.07) is 9.68. The lowest BCUT2D eigenvalue weighted by molar-refractivity contribution is 0.0520. The lowest BCUT2D eigenvalue weighted by atomic mass is 10.2. The van der Waals surface area contributed by atoms with Crippen molar-refractivity contribution in [3.63, 3.8) is 0 Å². The Hall–Kier alpha value is -3.15. The molecule has 0 bridgehead atoms. The molecule has 0 spiro atoms. The van der Waals surface area contributed by atoms with Gasteiger partial charge in [-0.1, -0.05) is 20.8 Å². The molecule has 0 radical (unpaired) electrons. The highest BCUT2D eigenvalue weighted by Crippen LogP contribution is 2.41. The highest BCUT2D eigenvalue weighted by molar-refractivity contribution is 7.19. The van der Waals surface area contributed by atoms with E-state index in [0.717, 1.165) is 15.0 Å². The average Bonchev–Trinajstić information content (AvgIpc) is 3.46. The summed E-state index contributed by atoms with van der Waals surface area (Å²) >= 11 is 1.54. The van der Waals surface area contributed by atoms with E-state index in [1.807, 2.05) is 86.0 Å². The quantitative estimate of drug-likeness (QED) is 0.205. The van der Waals surface area contributed by atoms with Gasteiger partial charge < -0.3 is 18.8 Å². The molecule has 0 aliphatic carbocycles. The third-order valence-corrected chi connectivity index (χ3v) is 12.7. The van der Waals surface area contributed by atoms with Crippen LogP contribution in [0.3, 0.4) is 0 Å². The molecule has 0 fully saturated rings. The molecule has 0 amide bonds. The molecule has 4 rings (SSSR count). The standard InChI is InChI=1S/C32H46N4O5SSi/c1-30(2,3)39-28(37)35-23-17-21(41-43(12,13)32(7,8)9)15-14-20(23)16-24(35)26-27-25(18-22(42-27)19-34(10)11)36(33-26)29(38)40-31(4,5)6/h14-18H,19H2,1-13H3. The first-order chi connectivity index (χ1) is 19.6. The summed E-state index contributed by atoms with van der Waals surface area (Å²) in [6.45, 7) is 22.6. The van der Waals surface area contributed by atoms with Gasteiger partial charge in [-0.15, -0.1) is 11.3 Å². The predicted molar refractivity (Wildman–Crippen MR) is 177 cm³/mol. The molecule has 0 unspecified atom stereocenters. The molecule has 3 aromatic heterocycles. The van der Waals surface area contributed by atoms with Crippen LogP contribution in [-0.2, 0) is 16.0 Å². The van der Waals surface area contributed by atoms with Crippen molar-refractivity contribution in [2.75, 3.05) is 14.1 Å². The molecule has 0 saturated carbocycles. The van der Waals surface area contributed by atoms with Gasteiger partial charge in [0.15, 0.2) is 0 Å². The molecule has 1 aromatic carbocycles. The Kier molecular flexibility index (Phi) is 8.44. The van der Waals surface area contributed by atoms with Crippen LogP contribution in [0.5, 0.6) is 5.75 Å². The van der Waals surface area contributed by atoms with Crippen LogP contribution in [0, 0.1) is 0 Å². The molecule has 0 saturated heterocycles. The van der Waals surface area contributed by atoms with E-state index in [0.29, 0.717) is 34.7 Å². The van der Waals surface area contributed by atoms with Crippen LogP contribution in [0.1, 0.15) is 67.2 Å². The van der Waals surface area contributed by atoms with Crippen LogP contribution in [0.4, 0.5) is 9.59 Å². The molecule has 4 aromatic rings. The Balaban J connectivity index is 1.98. The van der Waals surface area contributed by atoms with E-state index in [1.165, 1.54) is 4.68 Å². The first kappa shape index (κ1) is 32.8. The molecule has 0 atom stereocenters. The molecular formula is C32H46N4O5SSi. The zero-order valence-electron chi connectivity index (χ0n) is 27.8. The van der Waals surface area contributed by atoms with E-state index in [1.54, 1.807) is 15.9 Å². The molecule has 0 aliphatic heterocycles. The van der Waals surface area contributed by atoms with E-state index in [2.05, 4.69) is 38.8 Å². The highest BCUT2D eigenvalue weighted by atomic mass is 32.1. The van der Waals surface area contributed by atoms with Crippen molar-refractivity contribution in [3.8, 4) is 17.1 Å². The minimum Gasteiger partial charge on any atom is -0.543 e. The van der Waals surface area contributed by atoms with Crippen molar-refractivity contribution in [3.05, 3.63) is 35.2 Å². The molecule has 43 heavy (non-hydrogen) atoms. The minimum absolute atomic E-state index is 0.00378. The van der Waals surface area contributed by atoms with Gasteiger partial charge in [-0.25, -0.2) is 14.2 Å². The molecule has 11 heteroatoms. The first-order valence-electron chi connectivity index (χ1n) is 14.5. The second-order valence-electron chi connectivity index (χ2n) is 14.8. The van der Waals surface area contributed by atoms with Crippen LogP contribution in [0.15, 0.2) is 30.3 Å². The molecule has 9 nitrogen and oxygen atoms in total. The zero-order chi connectivity index (χ0) is 32.3. The summed E-state index contributed by atoms with van der Waals surface area (Å²) < 4.78 is 21.8. The van der Waals surface area contributed by atoms with E-state index in [4.69, 9.17) is 19.0 Å². The van der Waals surface area contributed by atoms with Crippen molar-refractivity contribution in [2.24, 2.45) is 0 Å². The Labute approximate surface area is 259 Å². The summed E-state index contributed by atoms with van der Waals surface area (Å²) in [7, 11) is 1.85. The van der Waals surface area contributed by atoms with Crippen LogP contribution < -0.4 is 4.43 Å². The van der Waals surface area contributed by atoms with Crippen molar-refractivity contribution < 1.29 is 23.5 Å². The van der Waals surface area contributed by atoms with Crippen LogP contribution >= 0.6 is 11.3 Å². The maximum absolute atomic E-state index is 13.9. The van der Waals surface area contributed by atoms with Gasteiger partial charge in [-0.2, -0.15) is 9.78 Å². The normalized spacial score (nSPS) is 13.3. The minimum atomic E-state index is -2.14. The maximum Gasteiger partial charge on any atom is 0.435 e. The Morgan fingerprint density at radius 2 is 1.49 bits per heavy atom. The van der Waals surface area contributed by atoms with Crippen LogP contribution in [0.25, 0.3) is 32.5 Å². The number of thiophene rings is 1. The monoisotopic (exact) mass is 626 g/mol. The fraction of sp³-hybridized carbons (Fsp3) is 0.531. The number of aromatic nitrogens is 3. The van der Waals surface area contributed by atoms with E-state index in [-0.39, 0.29) is 5.04 Å². The summed E-state index contributed by atoms with van der Waals surface area (Å²) in [5.74, 6) is 0.697. The second kappa shape index (κ2) is 11.1. The SMILES string of the molecule is CN(C)Cc1cc2c(s1)c(-c1cc3ccc(O[Si](C)(C)C(C)(C)C)cc3n1C(=O)OC(C)(C)C)nn2C(=O)OC(C)(C)C. The summed E-state index contributed by atoms with van der Waals surface area (Å²) in [4.78, 5) is 30.4. The fourth-order valence-electron chi connectivity index (χ4n) is 4.33. The van der Waals surface area contributed by atoms with Gasteiger partial charge >= 0.3 is 12.2 Å². The van der Waals surface area contributed by atoms with Crippen molar-refractivity contribution >= 4 is 53.0 Å². The van der Waals surface area contributed by atoms with Gasteiger partial charge in [0.25, 0.3) is 0 Å². The van der Waals surface area contributed by atoms with Crippen LogP contribution in [0.2, 0.25) is 18.1 Å². The van der Waals surface area contributed by atoms with Gasteiger partial charge in [0.05, 0.1) is 21.4 Å². The van der Waals surface area contributed by atoms with Gasteiger partial charge in [-0.3, -0.25) is 0 Å². The third-order valence-electron chi connectivity index (χ3n) is 7.22. The maximum atomic E-state index is 13.9. The lowest BCUT2D eigenvalue weighted by Crippen LogP contribution is -2.43. The number of fused-ring (bicyclic) bond motifs is 2. The molecule has 0 aliphatic rings. The number of benzene rings is 1. The van der Waals surface area contributed by atoms with E-state index in [9.17, 15) is 9.59 Å². The van der Waals surface area contributed by atoms with Crippen molar-refractivity contribution in [1.29, 1.82) is 0 Å². The Morgan fingerprint density at radius 3 is 2.05 bits per heavy atom. The second-order valence-corrected chi connectivity index (χ2v) is 20.7. The van der Waals surface area contributed by atoms with Gasteiger partial charge in [0.1, 0.15) is 22.6 Å². The number of nitrogens with zero attached hydrogens (tertiary/aromatic N) is 4. The number of hydrogen-bond acceptors (Lipinski definition) is 8. The third kappa shape index (κ3) is 7.16. The Morgan fingerprint density at radius 1 is 0.884 bits per heavy atom. The smallest absolute Gasteiger partial charge is 0.435 e. The van der Waals surface area contributed by atoms with Gasteiger partial charge in [-0.05, 0) is 98.0 Å². The molecule has 0 N–H and O–H groups in total. The van der Waals surface area contributed by atoms with E-state index >= 15 is 0 Å². The fourth-order valence-corrected chi connectivity index (χ4v) is 6.60. The zero-order valence-corrected chi connectivity index (χ0v) is 29.6. The van der Waals surface area contributed by atoms with Crippen molar-refractivity contribution in [1.82, 2.24) is 19.2 Å². The van der Waals surface area contributed by atoms with Crippen LogP contribution in [-0.4, -0.2) is 65.0 Å². The summed E-state index contributed by atoms with van der Waals surface area (Å²) in [6.07, 6.45) is -1.12. The predicted octanol–water partition coefficient (Wildman–Crippen LogP) is 8.73. The highest BCUT2D eigenvalue weighted by Gasteiger charge is 2.39. The van der Waals surface area contributed by atoms with Gasteiger partial charge in [0.2, 0.25) is 8.32 Å². The topological polar surface area (TPSA) is 87.8 Å². The summed E-state index contributed by atoms with van der Waals surface area (Å²) in [5, 5.41) is 5.59. The average molecular weight is 627 g/mol. The van der Waals surface area contributed by atoms with Crippen molar-refractivity contribution in [2.45, 2.75) is 98.2 Å². The van der Waals surface area contributed by atoms with Gasteiger partial charge in [0, 0.05) is 22.9 Å². The first-order valence-corrected chi connectivity index (χ1v) is 18.3. The molecule has 234 valence electrons. The number of ether oxygens (including phenoxy) is 2. The number of hydrogen-bond donors (Lipinski definition) is 0. The van der Waals surface area contributed by atoms with E-state index < -0.39 is 31.7 Å². The molecule has 3 heterocycles. The largest absolute Gasteiger partial charge is 0.543 e. The molecular weight excluding hydrogens is 581 g/mol. The lowest BCUT2D eigenvalue weighted by Gasteiger charge is -2.36. The summed E-state index contributed by atoms with van der Waals surface area (Å²) in [5.41, 5.74) is 0.876. The number of carbonyl (C=O) groups is 2. The Bertz CT molecular complexity index is 1680. The number of carbonyl (C=O) groups excluding carboxylic acids is 2. The number of rotatable bonds is 5.